The molecule has 5 nitrogen and oxygen atoms in total. The van der Waals surface area contributed by atoms with Crippen LogP contribution in [0.4, 0.5) is 10.6 Å². The maximum absolute atomic E-state index is 11.7. The molecule has 0 atom stereocenters. The van der Waals surface area contributed by atoms with E-state index < -0.39 is 11.7 Å². The number of pyridine rings is 1. The number of rotatable bonds is 1. The van der Waals surface area contributed by atoms with E-state index in [2.05, 4.69) is 4.98 Å². The summed E-state index contributed by atoms with van der Waals surface area (Å²) in [4.78, 5) is 26.5. The molecule has 1 rings (SSSR count). The van der Waals surface area contributed by atoms with Crippen LogP contribution in [0.3, 0.4) is 0 Å². The van der Waals surface area contributed by atoms with Crippen LogP contribution in [0.15, 0.2) is 23.0 Å². The smallest absolute Gasteiger partial charge is 0.415 e. The molecule has 0 aliphatic carbocycles. The molecule has 0 aliphatic heterocycles. The zero-order valence-corrected chi connectivity index (χ0v) is 9.90. The van der Waals surface area contributed by atoms with E-state index in [9.17, 15) is 9.59 Å². The van der Waals surface area contributed by atoms with Gasteiger partial charge in [0.15, 0.2) is 0 Å². The predicted octanol–water partition coefficient (Wildman–Crippen LogP) is 1.75. The highest BCUT2D eigenvalue weighted by Crippen LogP contribution is 2.12. The number of aromatic amines is 1. The van der Waals surface area contributed by atoms with Gasteiger partial charge in [0.1, 0.15) is 11.4 Å². The summed E-state index contributed by atoms with van der Waals surface area (Å²) >= 11 is 0. The highest BCUT2D eigenvalue weighted by Gasteiger charge is 2.20. The normalized spacial score (nSPS) is 11.0. The van der Waals surface area contributed by atoms with Crippen molar-refractivity contribution in [3.63, 3.8) is 0 Å². The summed E-state index contributed by atoms with van der Waals surface area (Å²) in [5, 5.41) is 0. The molecule has 1 N–H and O–H groups in total. The molecule has 0 bridgehead atoms. The lowest BCUT2D eigenvalue weighted by atomic mass is 10.2. The van der Waals surface area contributed by atoms with E-state index in [1.165, 1.54) is 11.0 Å². The number of hydrogen-bond acceptors (Lipinski definition) is 3. The van der Waals surface area contributed by atoms with Gasteiger partial charge < -0.3 is 9.72 Å². The molecule has 1 aromatic heterocycles. The van der Waals surface area contributed by atoms with E-state index in [1.54, 1.807) is 40.0 Å². The molecule has 16 heavy (non-hydrogen) atoms. The van der Waals surface area contributed by atoms with Crippen molar-refractivity contribution in [3.8, 4) is 0 Å². The largest absolute Gasteiger partial charge is 0.443 e. The summed E-state index contributed by atoms with van der Waals surface area (Å²) in [5.74, 6) is 0.404. The number of carbonyl (C=O) groups excluding carboxylic acids is 1. The van der Waals surface area contributed by atoms with E-state index in [0.717, 1.165) is 0 Å². The summed E-state index contributed by atoms with van der Waals surface area (Å²) in [6, 6.07) is 4.59. The lowest BCUT2D eigenvalue weighted by molar-refractivity contribution is 0.0588. The molecule has 0 unspecified atom stereocenters. The minimum atomic E-state index is -0.555. The summed E-state index contributed by atoms with van der Waals surface area (Å²) in [6.45, 7) is 5.35. The van der Waals surface area contributed by atoms with Gasteiger partial charge in [-0.05, 0) is 26.8 Å². The number of aromatic nitrogens is 1. The van der Waals surface area contributed by atoms with Crippen molar-refractivity contribution < 1.29 is 9.53 Å². The highest BCUT2D eigenvalue weighted by molar-refractivity contribution is 5.85. The summed E-state index contributed by atoms with van der Waals surface area (Å²) < 4.78 is 5.16. The number of ether oxygens (including phenoxy) is 1. The number of hydrogen-bond donors (Lipinski definition) is 1. The monoisotopic (exact) mass is 224 g/mol. The quantitative estimate of drug-likeness (QED) is 0.790. The van der Waals surface area contributed by atoms with Crippen LogP contribution in [0.1, 0.15) is 20.8 Å². The van der Waals surface area contributed by atoms with Crippen LogP contribution in [-0.4, -0.2) is 23.7 Å². The maximum atomic E-state index is 11.7. The first-order valence-corrected chi connectivity index (χ1v) is 4.95. The molecule has 0 aliphatic rings. The van der Waals surface area contributed by atoms with Crippen molar-refractivity contribution in [3.05, 3.63) is 28.6 Å². The Morgan fingerprint density at radius 1 is 1.38 bits per heavy atom. The summed E-state index contributed by atoms with van der Waals surface area (Å²) in [6.07, 6.45) is -0.505. The molecular formula is C11H16N2O3. The second-order valence-corrected chi connectivity index (χ2v) is 4.44. The third kappa shape index (κ3) is 3.42. The Morgan fingerprint density at radius 3 is 2.50 bits per heavy atom. The lowest BCUT2D eigenvalue weighted by Gasteiger charge is -2.24. The van der Waals surface area contributed by atoms with Crippen molar-refractivity contribution in [2.24, 2.45) is 0 Å². The number of amides is 1. The zero-order chi connectivity index (χ0) is 12.3. The van der Waals surface area contributed by atoms with E-state index in [1.807, 2.05) is 0 Å². The fraction of sp³-hybridized carbons (Fsp3) is 0.455. The zero-order valence-electron chi connectivity index (χ0n) is 9.90. The first kappa shape index (κ1) is 12.3. The molecule has 0 fully saturated rings. The van der Waals surface area contributed by atoms with Crippen LogP contribution < -0.4 is 10.5 Å². The standard InChI is InChI=1S/C11H16N2O3/c1-11(2,3)16-10(15)13(4)8-6-5-7-9(14)12-8/h5-7H,1-4H3,(H,12,14). The van der Waals surface area contributed by atoms with Crippen LogP contribution in [0.5, 0.6) is 0 Å². The van der Waals surface area contributed by atoms with Crippen molar-refractivity contribution in [1.82, 2.24) is 4.98 Å². The van der Waals surface area contributed by atoms with Crippen LogP contribution in [0.25, 0.3) is 0 Å². The van der Waals surface area contributed by atoms with Crippen molar-refractivity contribution >= 4 is 11.9 Å². The second-order valence-electron chi connectivity index (χ2n) is 4.44. The van der Waals surface area contributed by atoms with E-state index in [-0.39, 0.29) is 5.56 Å². The van der Waals surface area contributed by atoms with Gasteiger partial charge in [0.25, 0.3) is 0 Å². The third-order valence-electron chi connectivity index (χ3n) is 1.78. The first-order valence-electron chi connectivity index (χ1n) is 4.95. The highest BCUT2D eigenvalue weighted by atomic mass is 16.6. The van der Waals surface area contributed by atoms with Gasteiger partial charge in [-0.25, -0.2) is 4.79 Å². The third-order valence-corrected chi connectivity index (χ3v) is 1.78. The van der Waals surface area contributed by atoms with Crippen molar-refractivity contribution in [2.75, 3.05) is 11.9 Å². The number of carbonyl (C=O) groups is 1. The molecular weight excluding hydrogens is 208 g/mol. The Labute approximate surface area is 94.0 Å². The molecule has 0 aromatic carbocycles. The van der Waals surface area contributed by atoms with E-state index in [4.69, 9.17) is 4.74 Å². The Morgan fingerprint density at radius 2 is 2.00 bits per heavy atom. The Balaban J connectivity index is 2.82. The molecule has 88 valence electrons. The van der Waals surface area contributed by atoms with Crippen LogP contribution in [0, 0.1) is 0 Å². The van der Waals surface area contributed by atoms with Crippen molar-refractivity contribution in [1.29, 1.82) is 0 Å². The maximum Gasteiger partial charge on any atom is 0.415 e. The molecule has 0 saturated heterocycles. The topological polar surface area (TPSA) is 62.4 Å². The number of H-pyrrole nitrogens is 1. The SMILES string of the molecule is CN(C(=O)OC(C)(C)C)c1cccc(=O)[nH]1. The molecule has 1 aromatic rings. The van der Waals surface area contributed by atoms with Crippen LogP contribution in [0.2, 0.25) is 0 Å². The van der Waals surface area contributed by atoms with Gasteiger partial charge in [-0.1, -0.05) is 6.07 Å². The van der Waals surface area contributed by atoms with Crippen LogP contribution >= 0.6 is 0 Å². The minimum Gasteiger partial charge on any atom is -0.443 e. The number of anilines is 1. The van der Waals surface area contributed by atoms with Crippen LogP contribution in [-0.2, 0) is 4.74 Å². The Bertz CT molecular complexity index is 431. The molecule has 0 spiro atoms. The molecule has 0 radical (unpaired) electrons. The van der Waals surface area contributed by atoms with Gasteiger partial charge in [-0.2, -0.15) is 0 Å². The second kappa shape index (κ2) is 4.38. The summed E-state index contributed by atoms with van der Waals surface area (Å²) in [5.41, 5.74) is -0.812. The Hall–Kier alpha value is -1.78. The van der Waals surface area contributed by atoms with Gasteiger partial charge in [0, 0.05) is 13.1 Å². The number of nitrogens with one attached hydrogen (secondary N) is 1. The number of nitrogens with zero attached hydrogens (tertiary/aromatic N) is 1. The first-order chi connectivity index (χ1) is 7.29. The summed E-state index contributed by atoms with van der Waals surface area (Å²) in [7, 11) is 1.54. The van der Waals surface area contributed by atoms with E-state index >= 15 is 0 Å². The van der Waals surface area contributed by atoms with Gasteiger partial charge >= 0.3 is 6.09 Å². The molecule has 5 heteroatoms. The van der Waals surface area contributed by atoms with Gasteiger partial charge in [0.2, 0.25) is 5.56 Å². The van der Waals surface area contributed by atoms with E-state index in [0.29, 0.717) is 5.82 Å². The Kier molecular flexibility index (Phi) is 3.37. The molecule has 1 amide bonds. The average Bonchev–Trinajstić information content (AvgIpc) is 2.14. The fourth-order valence-electron chi connectivity index (χ4n) is 1.06. The lowest BCUT2D eigenvalue weighted by Crippen LogP contribution is -2.35. The molecule has 0 saturated carbocycles. The minimum absolute atomic E-state index is 0.257. The van der Waals surface area contributed by atoms with Crippen molar-refractivity contribution in [2.45, 2.75) is 26.4 Å². The molecule has 1 heterocycles. The van der Waals surface area contributed by atoms with Gasteiger partial charge in [-0.15, -0.1) is 0 Å². The predicted molar refractivity (Wildman–Crippen MR) is 61.7 cm³/mol. The van der Waals surface area contributed by atoms with Gasteiger partial charge in [0.05, 0.1) is 0 Å². The van der Waals surface area contributed by atoms with Gasteiger partial charge in [-0.3, -0.25) is 9.69 Å². The fourth-order valence-corrected chi connectivity index (χ4v) is 1.06. The average molecular weight is 224 g/mol.